The van der Waals surface area contributed by atoms with Gasteiger partial charge in [0.25, 0.3) is 0 Å². The molecule has 20 heavy (non-hydrogen) atoms. The average Bonchev–Trinajstić information content (AvgIpc) is 2.37. The molecule has 0 heterocycles. The number of hydrogen-bond acceptors (Lipinski definition) is 3. The second-order valence-corrected chi connectivity index (χ2v) is 5.12. The third-order valence-electron chi connectivity index (χ3n) is 2.69. The van der Waals surface area contributed by atoms with Crippen molar-refractivity contribution in [3.05, 3.63) is 67.9 Å². The van der Waals surface area contributed by atoms with Crippen molar-refractivity contribution < 1.29 is 14.1 Å². The molecule has 0 bridgehead atoms. The van der Waals surface area contributed by atoms with Crippen LogP contribution in [0.4, 0.5) is 10.1 Å². The number of rotatable bonds is 4. The van der Waals surface area contributed by atoms with Crippen molar-refractivity contribution in [3.8, 4) is 5.75 Å². The molecule has 0 saturated carbocycles. The zero-order valence-corrected chi connectivity index (χ0v) is 12.2. The fourth-order valence-electron chi connectivity index (χ4n) is 1.67. The van der Waals surface area contributed by atoms with E-state index in [2.05, 4.69) is 15.9 Å². The first-order valence-electron chi connectivity index (χ1n) is 5.79. The summed E-state index contributed by atoms with van der Waals surface area (Å²) in [5.74, 6) is -0.228. The van der Waals surface area contributed by atoms with E-state index in [0.717, 1.165) is 22.2 Å². The Balaban J connectivity index is 2.11. The molecule has 0 unspecified atom stereocenters. The molecule has 0 fully saturated rings. The summed E-state index contributed by atoms with van der Waals surface area (Å²) in [4.78, 5) is 9.76. The third-order valence-corrected chi connectivity index (χ3v) is 3.31. The lowest BCUT2D eigenvalue weighted by Gasteiger charge is -2.09. The van der Waals surface area contributed by atoms with Gasteiger partial charge in [-0.3, -0.25) is 10.1 Å². The van der Waals surface area contributed by atoms with Crippen LogP contribution in [0.3, 0.4) is 0 Å². The summed E-state index contributed by atoms with van der Waals surface area (Å²) in [5.41, 5.74) is 1.08. The predicted molar refractivity (Wildman–Crippen MR) is 76.3 cm³/mol. The Bertz CT molecular complexity index is 661. The SMILES string of the molecule is Cc1ccc(OCc2ccc([N+](=O)[O-])c(F)c2)c(Br)c1. The second-order valence-electron chi connectivity index (χ2n) is 4.27. The molecule has 0 saturated heterocycles. The van der Waals surface area contributed by atoms with E-state index in [1.54, 1.807) is 6.07 Å². The molecule has 0 amide bonds. The molecule has 0 N–H and O–H groups in total. The van der Waals surface area contributed by atoms with Crippen LogP contribution in [0.5, 0.6) is 5.75 Å². The number of hydrogen-bond donors (Lipinski definition) is 0. The van der Waals surface area contributed by atoms with E-state index in [9.17, 15) is 14.5 Å². The van der Waals surface area contributed by atoms with Crippen LogP contribution in [0.2, 0.25) is 0 Å². The van der Waals surface area contributed by atoms with Gasteiger partial charge in [-0.2, -0.15) is 4.39 Å². The summed E-state index contributed by atoms with van der Waals surface area (Å²) in [6.45, 7) is 2.09. The summed E-state index contributed by atoms with van der Waals surface area (Å²) in [6, 6.07) is 9.34. The Hall–Kier alpha value is -1.95. The highest BCUT2D eigenvalue weighted by Crippen LogP contribution is 2.27. The maximum absolute atomic E-state index is 13.5. The van der Waals surface area contributed by atoms with Gasteiger partial charge in [-0.15, -0.1) is 0 Å². The van der Waals surface area contributed by atoms with Gasteiger partial charge in [0.1, 0.15) is 12.4 Å². The van der Waals surface area contributed by atoms with Crippen LogP contribution in [-0.4, -0.2) is 4.92 Å². The summed E-state index contributed by atoms with van der Waals surface area (Å²) in [6.07, 6.45) is 0. The largest absolute Gasteiger partial charge is 0.488 e. The van der Waals surface area contributed by atoms with Gasteiger partial charge < -0.3 is 4.74 Å². The molecule has 2 rings (SSSR count). The smallest absolute Gasteiger partial charge is 0.304 e. The highest BCUT2D eigenvalue weighted by atomic mass is 79.9. The standard InChI is InChI=1S/C14H11BrFNO3/c1-9-2-5-14(11(15)6-9)20-8-10-3-4-13(17(18)19)12(16)7-10/h2-7H,8H2,1H3. The first-order chi connectivity index (χ1) is 9.47. The molecule has 0 atom stereocenters. The lowest BCUT2D eigenvalue weighted by atomic mass is 10.2. The van der Waals surface area contributed by atoms with Crippen LogP contribution in [0.1, 0.15) is 11.1 Å². The van der Waals surface area contributed by atoms with E-state index in [0.29, 0.717) is 11.3 Å². The summed E-state index contributed by atoms with van der Waals surface area (Å²) < 4.78 is 19.8. The molecule has 6 heteroatoms. The average molecular weight is 340 g/mol. The molecule has 0 aliphatic heterocycles. The topological polar surface area (TPSA) is 52.4 Å². The zero-order valence-electron chi connectivity index (χ0n) is 10.6. The fraction of sp³-hybridized carbons (Fsp3) is 0.143. The number of nitro groups is 1. The molecule has 104 valence electrons. The summed E-state index contributed by atoms with van der Waals surface area (Å²) in [5, 5.41) is 10.5. The Morgan fingerprint density at radius 1 is 1.30 bits per heavy atom. The van der Waals surface area contributed by atoms with Gasteiger partial charge in [-0.05, 0) is 58.2 Å². The number of benzene rings is 2. The van der Waals surface area contributed by atoms with E-state index in [1.165, 1.54) is 6.07 Å². The molecular weight excluding hydrogens is 329 g/mol. The Labute approximate surface area is 123 Å². The monoisotopic (exact) mass is 339 g/mol. The molecule has 0 aromatic heterocycles. The van der Waals surface area contributed by atoms with Gasteiger partial charge in [0.05, 0.1) is 9.40 Å². The molecule has 2 aromatic rings. The number of aryl methyl sites for hydroxylation is 1. The van der Waals surface area contributed by atoms with Gasteiger partial charge in [0.2, 0.25) is 5.82 Å². The Morgan fingerprint density at radius 2 is 2.05 bits per heavy atom. The molecule has 4 nitrogen and oxygen atoms in total. The van der Waals surface area contributed by atoms with E-state index in [4.69, 9.17) is 4.74 Å². The van der Waals surface area contributed by atoms with Gasteiger partial charge >= 0.3 is 5.69 Å². The molecule has 0 radical (unpaired) electrons. The minimum absolute atomic E-state index is 0.135. The number of nitrogens with zero attached hydrogens (tertiary/aromatic N) is 1. The van der Waals surface area contributed by atoms with Crippen molar-refractivity contribution in [3.63, 3.8) is 0 Å². The van der Waals surface area contributed by atoms with Crippen LogP contribution < -0.4 is 4.74 Å². The van der Waals surface area contributed by atoms with E-state index >= 15 is 0 Å². The first kappa shape index (κ1) is 14.5. The van der Waals surface area contributed by atoms with Gasteiger partial charge in [-0.1, -0.05) is 6.07 Å². The zero-order chi connectivity index (χ0) is 14.7. The van der Waals surface area contributed by atoms with Crippen molar-refractivity contribution in [2.24, 2.45) is 0 Å². The predicted octanol–water partition coefficient (Wildman–Crippen LogP) is 4.38. The summed E-state index contributed by atoms with van der Waals surface area (Å²) >= 11 is 3.38. The lowest BCUT2D eigenvalue weighted by Crippen LogP contribution is -1.99. The Morgan fingerprint density at radius 3 is 2.65 bits per heavy atom. The van der Waals surface area contributed by atoms with E-state index < -0.39 is 16.4 Å². The third kappa shape index (κ3) is 3.33. The first-order valence-corrected chi connectivity index (χ1v) is 6.58. The van der Waals surface area contributed by atoms with Crippen molar-refractivity contribution in [2.45, 2.75) is 13.5 Å². The van der Waals surface area contributed by atoms with Crippen LogP contribution in [0, 0.1) is 22.9 Å². The quantitative estimate of drug-likeness (QED) is 0.613. The van der Waals surface area contributed by atoms with Crippen LogP contribution in [0.25, 0.3) is 0 Å². The maximum atomic E-state index is 13.5. The maximum Gasteiger partial charge on any atom is 0.304 e. The van der Waals surface area contributed by atoms with Gasteiger partial charge in [-0.25, -0.2) is 0 Å². The van der Waals surface area contributed by atoms with Crippen molar-refractivity contribution in [1.82, 2.24) is 0 Å². The van der Waals surface area contributed by atoms with Crippen LogP contribution in [0.15, 0.2) is 40.9 Å². The van der Waals surface area contributed by atoms with Crippen molar-refractivity contribution in [1.29, 1.82) is 0 Å². The number of ether oxygens (including phenoxy) is 1. The van der Waals surface area contributed by atoms with Gasteiger partial charge in [0, 0.05) is 6.07 Å². The summed E-state index contributed by atoms with van der Waals surface area (Å²) in [7, 11) is 0. The Kier molecular flexibility index (Phi) is 4.34. The highest BCUT2D eigenvalue weighted by Gasteiger charge is 2.14. The number of halogens is 2. The normalized spacial score (nSPS) is 10.3. The second kappa shape index (κ2) is 6.00. The minimum Gasteiger partial charge on any atom is -0.488 e. The number of nitro benzene ring substituents is 1. The van der Waals surface area contributed by atoms with Gasteiger partial charge in [0.15, 0.2) is 0 Å². The van der Waals surface area contributed by atoms with E-state index in [1.807, 2.05) is 19.1 Å². The molecule has 0 aliphatic carbocycles. The molecule has 2 aromatic carbocycles. The van der Waals surface area contributed by atoms with Crippen LogP contribution >= 0.6 is 15.9 Å². The van der Waals surface area contributed by atoms with E-state index in [-0.39, 0.29) is 6.61 Å². The molecule has 0 aliphatic rings. The lowest BCUT2D eigenvalue weighted by molar-refractivity contribution is -0.387. The highest BCUT2D eigenvalue weighted by molar-refractivity contribution is 9.10. The molecular formula is C14H11BrFNO3. The van der Waals surface area contributed by atoms with Crippen LogP contribution in [-0.2, 0) is 6.61 Å². The molecule has 0 spiro atoms. The minimum atomic E-state index is -0.862. The fourth-order valence-corrected chi connectivity index (χ4v) is 2.28. The van der Waals surface area contributed by atoms with Crippen molar-refractivity contribution in [2.75, 3.05) is 0 Å². The van der Waals surface area contributed by atoms with Crippen molar-refractivity contribution >= 4 is 21.6 Å².